The van der Waals surface area contributed by atoms with E-state index in [0.29, 0.717) is 6.54 Å². The Morgan fingerprint density at radius 3 is 2.58 bits per heavy atom. The summed E-state index contributed by atoms with van der Waals surface area (Å²) in [7, 11) is 1.76. The molecule has 1 saturated carbocycles. The predicted molar refractivity (Wildman–Crippen MR) is 107 cm³/mol. The second-order valence-electron chi connectivity index (χ2n) is 7.55. The van der Waals surface area contributed by atoms with Crippen LogP contribution in [-0.4, -0.2) is 21.4 Å². The van der Waals surface area contributed by atoms with Crippen LogP contribution < -0.4 is 5.56 Å². The molecule has 1 aliphatic carbocycles. The molecule has 0 atom stereocenters. The van der Waals surface area contributed by atoms with Gasteiger partial charge in [-0.25, -0.2) is 0 Å². The first kappa shape index (κ1) is 18.9. The van der Waals surface area contributed by atoms with E-state index in [4.69, 9.17) is 0 Å². The molecule has 3 rings (SSSR count). The van der Waals surface area contributed by atoms with Crippen molar-refractivity contribution in [3.63, 3.8) is 0 Å². The van der Waals surface area contributed by atoms with Crippen LogP contribution in [0.3, 0.4) is 0 Å². The highest BCUT2D eigenvalue weighted by Gasteiger charge is 2.28. The highest BCUT2D eigenvalue weighted by atomic mass is 32.1. The second-order valence-corrected chi connectivity index (χ2v) is 8.33. The monoisotopic (exact) mass is 372 g/mol. The molecule has 140 valence electrons. The van der Waals surface area contributed by atoms with Gasteiger partial charge in [0.15, 0.2) is 0 Å². The Balaban J connectivity index is 1.94. The van der Waals surface area contributed by atoms with Crippen LogP contribution in [-0.2, 0) is 13.6 Å². The SMILES string of the molecule is CC(C)c1ccc(C(=O)N(Cc2ccsc2)C2CCCCC2)c(=O)n1C. The van der Waals surface area contributed by atoms with Crippen LogP contribution in [0.25, 0.3) is 0 Å². The van der Waals surface area contributed by atoms with Gasteiger partial charge in [-0.3, -0.25) is 9.59 Å². The summed E-state index contributed by atoms with van der Waals surface area (Å²) in [4.78, 5) is 28.1. The predicted octanol–water partition coefficient (Wildman–Crippen LogP) is 4.55. The highest BCUT2D eigenvalue weighted by molar-refractivity contribution is 7.07. The average Bonchev–Trinajstić information content (AvgIpc) is 3.15. The molecular weight excluding hydrogens is 344 g/mol. The van der Waals surface area contributed by atoms with E-state index >= 15 is 0 Å². The zero-order chi connectivity index (χ0) is 18.7. The van der Waals surface area contributed by atoms with Gasteiger partial charge in [0.25, 0.3) is 11.5 Å². The van der Waals surface area contributed by atoms with E-state index in [2.05, 4.69) is 25.3 Å². The number of rotatable bonds is 5. The molecule has 0 spiro atoms. The molecule has 0 unspecified atom stereocenters. The number of hydrogen-bond acceptors (Lipinski definition) is 3. The Morgan fingerprint density at radius 2 is 1.96 bits per heavy atom. The van der Waals surface area contributed by atoms with Crippen LogP contribution in [0.2, 0.25) is 0 Å². The number of pyridine rings is 1. The lowest BCUT2D eigenvalue weighted by Gasteiger charge is -2.34. The van der Waals surface area contributed by atoms with E-state index in [9.17, 15) is 9.59 Å². The van der Waals surface area contributed by atoms with Gasteiger partial charge in [-0.1, -0.05) is 33.1 Å². The fourth-order valence-corrected chi connectivity index (χ4v) is 4.55. The van der Waals surface area contributed by atoms with E-state index in [1.54, 1.807) is 29.0 Å². The minimum absolute atomic E-state index is 0.126. The number of thiophene rings is 1. The zero-order valence-corrected chi connectivity index (χ0v) is 16.7. The molecule has 1 amide bonds. The van der Waals surface area contributed by atoms with Crippen LogP contribution in [0.4, 0.5) is 0 Å². The molecule has 5 heteroatoms. The van der Waals surface area contributed by atoms with Crippen molar-refractivity contribution in [2.24, 2.45) is 7.05 Å². The summed E-state index contributed by atoms with van der Waals surface area (Å²) in [5, 5.41) is 4.12. The molecule has 2 heterocycles. The van der Waals surface area contributed by atoms with Crippen LogP contribution in [0.1, 0.15) is 73.5 Å². The number of hydrogen-bond donors (Lipinski definition) is 0. The van der Waals surface area contributed by atoms with Crippen molar-refractivity contribution < 1.29 is 4.79 Å². The molecule has 4 nitrogen and oxygen atoms in total. The van der Waals surface area contributed by atoms with Gasteiger partial charge in [0.1, 0.15) is 5.56 Å². The molecule has 0 bridgehead atoms. The summed E-state index contributed by atoms with van der Waals surface area (Å²) in [6.07, 6.45) is 5.60. The normalized spacial score (nSPS) is 15.4. The van der Waals surface area contributed by atoms with Crippen molar-refractivity contribution in [3.8, 4) is 0 Å². The van der Waals surface area contributed by atoms with Gasteiger partial charge in [-0.05, 0) is 53.3 Å². The summed E-state index contributed by atoms with van der Waals surface area (Å²) in [5.41, 5.74) is 2.20. The van der Waals surface area contributed by atoms with Crippen molar-refractivity contribution in [2.45, 2.75) is 64.5 Å². The lowest BCUT2D eigenvalue weighted by atomic mass is 9.93. The Hall–Kier alpha value is -1.88. The molecule has 0 aliphatic heterocycles. The van der Waals surface area contributed by atoms with Crippen molar-refractivity contribution in [1.29, 1.82) is 0 Å². The van der Waals surface area contributed by atoms with Crippen molar-refractivity contribution in [1.82, 2.24) is 9.47 Å². The van der Waals surface area contributed by atoms with Gasteiger partial charge in [-0.15, -0.1) is 0 Å². The Labute approximate surface area is 159 Å². The van der Waals surface area contributed by atoms with Gasteiger partial charge in [0.2, 0.25) is 0 Å². The smallest absolute Gasteiger partial charge is 0.263 e. The average molecular weight is 373 g/mol. The van der Waals surface area contributed by atoms with Crippen LogP contribution in [0, 0.1) is 0 Å². The maximum atomic E-state index is 13.3. The van der Waals surface area contributed by atoms with Crippen LogP contribution in [0.15, 0.2) is 33.8 Å². The molecule has 1 aliphatic rings. The molecular formula is C21H28N2O2S. The quantitative estimate of drug-likeness (QED) is 0.773. The van der Waals surface area contributed by atoms with E-state index < -0.39 is 0 Å². The fourth-order valence-electron chi connectivity index (χ4n) is 3.89. The second kappa shape index (κ2) is 8.21. The minimum atomic E-state index is -0.188. The zero-order valence-electron chi connectivity index (χ0n) is 15.9. The largest absolute Gasteiger partial charge is 0.331 e. The van der Waals surface area contributed by atoms with Crippen LogP contribution >= 0.6 is 11.3 Å². The first-order chi connectivity index (χ1) is 12.5. The summed E-state index contributed by atoms with van der Waals surface area (Å²) < 4.78 is 1.63. The van der Waals surface area contributed by atoms with Gasteiger partial charge in [-0.2, -0.15) is 11.3 Å². The Morgan fingerprint density at radius 1 is 1.23 bits per heavy atom. The summed E-state index contributed by atoms with van der Waals surface area (Å²) >= 11 is 1.64. The first-order valence-electron chi connectivity index (χ1n) is 9.51. The van der Waals surface area contributed by atoms with Crippen molar-refractivity contribution in [2.75, 3.05) is 0 Å². The molecule has 2 aromatic rings. The third kappa shape index (κ3) is 3.93. The van der Waals surface area contributed by atoms with Gasteiger partial charge >= 0.3 is 0 Å². The molecule has 0 aromatic carbocycles. The Kier molecular flexibility index (Phi) is 5.97. The van der Waals surface area contributed by atoms with E-state index in [0.717, 1.165) is 36.9 Å². The maximum absolute atomic E-state index is 13.3. The lowest BCUT2D eigenvalue weighted by molar-refractivity contribution is 0.0612. The van der Waals surface area contributed by atoms with Gasteiger partial charge in [0, 0.05) is 25.3 Å². The third-order valence-electron chi connectivity index (χ3n) is 5.37. The molecule has 0 saturated heterocycles. The standard InChI is InChI=1S/C21H28N2O2S/c1-15(2)19-10-9-18(20(24)22(19)3)21(25)23(13-16-11-12-26-14-16)17-7-5-4-6-8-17/h9-12,14-15,17H,4-8,13H2,1-3H3. The number of nitrogens with zero attached hydrogens (tertiary/aromatic N) is 2. The number of amides is 1. The van der Waals surface area contributed by atoms with Gasteiger partial charge in [0.05, 0.1) is 0 Å². The highest BCUT2D eigenvalue weighted by Crippen LogP contribution is 2.26. The summed E-state index contributed by atoms with van der Waals surface area (Å²) in [6.45, 7) is 4.70. The summed E-state index contributed by atoms with van der Waals surface area (Å²) in [6, 6.07) is 5.94. The minimum Gasteiger partial charge on any atom is -0.331 e. The first-order valence-corrected chi connectivity index (χ1v) is 10.4. The lowest BCUT2D eigenvalue weighted by Crippen LogP contribution is -2.43. The summed E-state index contributed by atoms with van der Waals surface area (Å²) in [5.74, 6) is 0.121. The number of aromatic nitrogens is 1. The molecule has 0 N–H and O–H groups in total. The third-order valence-corrected chi connectivity index (χ3v) is 6.11. The molecule has 1 fully saturated rings. The number of carbonyl (C=O) groups is 1. The van der Waals surface area contributed by atoms with E-state index in [1.807, 2.05) is 16.3 Å². The number of carbonyl (C=O) groups excluding carboxylic acids is 1. The van der Waals surface area contributed by atoms with Gasteiger partial charge < -0.3 is 9.47 Å². The Bertz CT molecular complexity index is 802. The topological polar surface area (TPSA) is 42.3 Å². The molecule has 26 heavy (non-hydrogen) atoms. The van der Waals surface area contributed by atoms with Crippen LogP contribution in [0.5, 0.6) is 0 Å². The molecule has 2 aromatic heterocycles. The van der Waals surface area contributed by atoms with Crippen molar-refractivity contribution >= 4 is 17.2 Å². The van der Waals surface area contributed by atoms with E-state index in [-0.39, 0.29) is 29.0 Å². The van der Waals surface area contributed by atoms with Crippen molar-refractivity contribution in [3.05, 3.63) is 56.1 Å². The maximum Gasteiger partial charge on any atom is 0.263 e. The fraction of sp³-hybridized carbons (Fsp3) is 0.524. The van der Waals surface area contributed by atoms with E-state index in [1.165, 1.54) is 6.42 Å². The molecule has 0 radical (unpaired) electrons.